The van der Waals surface area contributed by atoms with E-state index in [4.69, 9.17) is 5.73 Å². The zero-order valence-electron chi connectivity index (χ0n) is 34.6. The summed E-state index contributed by atoms with van der Waals surface area (Å²) in [7, 11) is 0. The van der Waals surface area contributed by atoms with Crippen LogP contribution >= 0.6 is 0 Å². The van der Waals surface area contributed by atoms with Gasteiger partial charge in [-0.2, -0.15) is 0 Å². The summed E-state index contributed by atoms with van der Waals surface area (Å²) in [5.74, 6) is 0. The van der Waals surface area contributed by atoms with E-state index in [0.717, 1.165) is 17.1 Å². The maximum absolute atomic E-state index is 7.20. The molecule has 292 valence electrons. The maximum Gasteiger partial charge on any atom is 0.333 e. The third-order valence-electron chi connectivity index (χ3n) is 14.1. The summed E-state index contributed by atoms with van der Waals surface area (Å²) in [5, 5.41) is 12.6. The smallest absolute Gasteiger partial charge is 0.333 e. The van der Waals surface area contributed by atoms with Crippen LogP contribution < -0.4 is 21.6 Å². The molecule has 1 aromatic heterocycles. The van der Waals surface area contributed by atoms with Crippen molar-refractivity contribution in [1.29, 1.82) is 0 Å². The van der Waals surface area contributed by atoms with Gasteiger partial charge in [0.05, 0.1) is 0 Å². The molecule has 0 saturated heterocycles. The number of nitrogens with zero attached hydrogens (tertiary/aromatic N) is 2. The van der Waals surface area contributed by atoms with Crippen LogP contribution in [0.4, 0.5) is 22.7 Å². The van der Waals surface area contributed by atoms with E-state index in [2.05, 4.69) is 216 Å². The molecule has 2 aliphatic heterocycles. The molecule has 0 saturated carbocycles. The van der Waals surface area contributed by atoms with Gasteiger partial charge in [-0.25, -0.2) is 0 Å². The molecule has 14 rings (SSSR count). The van der Waals surface area contributed by atoms with Crippen LogP contribution in [0.3, 0.4) is 0 Å². The molecule has 3 nitrogen and oxygen atoms in total. The normalized spacial score (nSPS) is 12.8. The van der Waals surface area contributed by atoms with Gasteiger partial charge in [0, 0.05) is 50.1 Å². The minimum Gasteiger partial charge on any atom is -0.399 e. The summed E-state index contributed by atoms with van der Waals surface area (Å²) in [6.45, 7) is 2.21. The minimum atomic E-state index is -0.128. The number of rotatable bonds is 3. The number of nitrogens with two attached hydrogens (primary N) is 1. The standard InChI is InChI=1S/C59H38BN3/c1-35-49-30-40-20-9-8-19-39(40)26-44(49)32-52-58(35)62(46-28-42(36-14-4-2-5-15-36)27-43(29-46)37-16-6-3-7-17-37)54-34-45(61)33-50-51-31-41-21-11-13-23-48(41)56-55-47-22-12-10-18-38(47)24-25-53(55)63(59(51)56)60(52)57(50)54/h2-34H,61H2,1H3. The Hall–Kier alpha value is -8.08. The van der Waals surface area contributed by atoms with Crippen molar-refractivity contribution >= 4 is 105 Å². The Morgan fingerprint density at radius 2 is 1.06 bits per heavy atom. The van der Waals surface area contributed by atoms with E-state index in [1.807, 2.05) is 0 Å². The van der Waals surface area contributed by atoms with Crippen molar-refractivity contribution in [3.8, 4) is 33.4 Å². The summed E-state index contributed by atoms with van der Waals surface area (Å²) < 4.78 is 2.69. The van der Waals surface area contributed by atoms with Crippen LogP contribution in [0.5, 0.6) is 0 Å². The van der Waals surface area contributed by atoms with Crippen molar-refractivity contribution < 1.29 is 0 Å². The van der Waals surface area contributed by atoms with Gasteiger partial charge >= 0.3 is 6.85 Å². The molecule has 4 heteroatoms. The Balaban J connectivity index is 1.18. The third kappa shape index (κ3) is 4.81. The van der Waals surface area contributed by atoms with E-state index < -0.39 is 0 Å². The Bertz CT molecular complexity index is 3880. The number of fused-ring (bicyclic) bond motifs is 13. The topological polar surface area (TPSA) is 34.2 Å². The summed E-state index contributed by atoms with van der Waals surface area (Å²) >= 11 is 0. The lowest BCUT2D eigenvalue weighted by molar-refractivity contribution is 1.24. The zero-order chi connectivity index (χ0) is 41.5. The molecule has 2 aliphatic rings. The van der Waals surface area contributed by atoms with Crippen LogP contribution in [0, 0.1) is 6.92 Å². The molecule has 0 amide bonds. The van der Waals surface area contributed by atoms with Crippen molar-refractivity contribution in [2.24, 2.45) is 0 Å². The summed E-state index contributed by atoms with van der Waals surface area (Å²) in [6.07, 6.45) is 0. The van der Waals surface area contributed by atoms with Gasteiger partial charge in [0.2, 0.25) is 0 Å². The van der Waals surface area contributed by atoms with E-state index in [9.17, 15) is 0 Å². The Morgan fingerprint density at radius 1 is 0.444 bits per heavy atom. The van der Waals surface area contributed by atoms with Crippen LogP contribution in [0.25, 0.3) is 98.3 Å². The van der Waals surface area contributed by atoms with Crippen LogP contribution in [-0.2, 0) is 0 Å². The van der Waals surface area contributed by atoms with Crippen molar-refractivity contribution in [1.82, 2.24) is 4.48 Å². The number of anilines is 4. The molecule has 0 spiro atoms. The molecule has 3 heterocycles. The van der Waals surface area contributed by atoms with Gasteiger partial charge in [-0.1, -0.05) is 146 Å². The Morgan fingerprint density at radius 3 is 1.78 bits per heavy atom. The fourth-order valence-corrected chi connectivity index (χ4v) is 11.4. The van der Waals surface area contributed by atoms with Crippen molar-refractivity contribution in [2.45, 2.75) is 6.92 Å². The Kier molecular flexibility index (Phi) is 7.00. The molecule has 0 aliphatic carbocycles. The summed E-state index contributed by atoms with van der Waals surface area (Å²) in [5.41, 5.74) is 24.8. The number of aryl methyl sites for hydroxylation is 1. The van der Waals surface area contributed by atoms with Gasteiger partial charge in [-0.3, -0.25) is 0 Å². The number of aromatic nitrogens is 1. The maximum atomic E-state index is 7.20. The SMILES string of the molecule is Cc1c2c(cc3cc4ccccc4cc13)B1c3c(cc(N)cc3N2c2cc(-c3ccccc3)cc(-c3ccccc3)c2)-c2cc3ccccc3c3c4c5ccccc5ccc4n1c23. The second kappa shape index (κ2) is 12.7. The first kappa shape index (κ1) is 34.6. The molecule has 63 heavy (non-hydrogen) atoms. The number of benzene rings is 11. The molecular weight excluding hydrogens is 761 g/mol. The Labute approximate surface area is 365 Å². The lowest BCUT2D eigenvalue weighted by Crippen LogP contribution is -2.57. The van der Waals surface area contributed by atoms with Gasteiger partial charge in [0.25, 0.3) is 0 Å². The fourth-order valence-electron chi connectivity index (χ4n) is 11.4. The van der Waals surface area contributed by atoms with E-state index in [1.54, 1.807) is 0 Å². The second-order valence-electron chi connectivity index (χ2n) is 17.5. The quantitative estimate of drug-likeness (QED) is 0.110. The minimum absolute atomic E-state index is 0.128. The van der Waals surface area contributed by atoms with Crippen LogP contribution in [0.1, 0.15) is 5.56 Å². The molecule has 0 radical (unpaired) electrons. The predicted molar refractivity (Wildman–Crippen MR) is 270 cm³/mol. The number of hydrogen-bond donors (Lipinski definition) is 1. The average molecular weight is 800 g/mol. The summed E-state index contributed by atoms with van der Waals surface area (Å²) in [4.78, 5) is 2.55. The second-order valence-corrected chi connectivity index (χ2v) is 17.5. The number of nitrogen functional groups attached to an aromatic ring is 1. The van der Waals surface area contributed by atoms with Gasteiger partial charge < -0.3 is 15.1 Å². The summed E-state index contributed by atoms with van der Waals surface area (Å²) in [6, 6.07) is 74.1. The van der Waals surface area contributed by atoms with Crippen LogP contribution in [0.15, 0.2) is 200 Å². The zero-order valence-corrected chi connectivity index (χ0v) is 34.6. The first-order chi connectivity index (χ1) is 31.1. The fraction of sp³-hybridized carbons (Fsp3) is 0.0169. The van der Waals surface area contributed by atoms with Crippen LogP contribution in [-0.4, -0.2) is 11.3 Å². The highest BCUT2D eigenvalue weighted by molar-refractivity contribution is 6.90. The molecule has 0 fully saturated rings. The van der Waals surface area contributed by atoms with E-state index >= 15 is 0 Å². The first-order valence-electron chi connectivity index (χ1n) is 21.9. The molecule has 0 bridgehead atoms. The molecule has 12 aromatic rings. The highest BCUT2D eigenvalue weighted by Gasteiger charge is 2.44. The monoisotopic (exact) mass is 799 g/mol. The lowest BCUT2D eigenvalue weighted by atomic mass is 9.44. The highest BCUT2D eigenvalue weighted by Crippen LogP contribution is 2.51. The van der Waals surface area contributed by atoms with Gasteiger partial charge in [-0.05, 0) is 149 Å². The van der Waals surface area contributed by atoms with Crippen molar-refractivity contribution in [3.63, 3.8) is 0 Å². The highest BCUT2D eigenvalue weighted by atomic mass is 15.2. The molecule has 0 unspecified atom stereocenters. The third-order valence-corrected chi connectivity index (χ3v) is 14.1. The van der Waals surface area contributed by atoms with Gasteiger partial charge in [0.15, 0.2) is 0 Å². The average Bonchev–Trinajstić information content (AvgIpc) is 3.69. The first-order valence-corrected chi connectivity index (χ1v) is 21.9. The number of hydrogen-bond acceptors (Lipinski definition) is 2. The lowest BCUT2D eigenvalue weighted by Gasteiger charge is -2.42. The van der Waals surface area contributed by atoms with Gasteiger partial charge in [-0.15, -0.1) is 0 Å². The molecule has 0 atom stereocenters. The van der Waals surface area contributed by atoms with E-state index in [1.165, 1.54) is 120 Å². The molecule has 2 N–H and O–H groups in total. The van der Waals surface area contributed by atoms with Gasteiger partial charge in [0.1, 0.15) is 0 Å². The largest absolute Gasteiger partial charge is 0.399 e. The van der Waals surface area contributed by atoms with Crippen LogP contribution in [0.2, 0.25) is 0 Å². The van der Waals surface area contributed by atoms with E-state index in [-0.39, 0.29) is 6.85 Å². The van der Waals surface area contributed by atoms with Crippen molar-refractivity contribution in [3.05, 3.63) is 206 Å². The predicted octanol–water partition coefficient (Wildman–Crippen LogP) is 14.0. The molecule has 11 aromatic carbocycles. The molecular formula is C59H38BN3. The van der Waals surface area contributed by atoms with E-state index in [0.29, 0.717) is 0 Å². The van der Waals surface area contributed by atoms with Crippen molar-refractivity contribution in [2.75, 3.05) is 10.6 Å².